The summed E-state index contributed by atoms with van der Waals surface area (Å²) in [6.07, 6.45) is 2.36. The summed E-state index contributed by atoms with van der Waals surface area (Å²) in [5.41, 5.74) is 10.1. The van der Waals surface area contributed by atoms with Crippen molar-refractivity contribution in [2.45, 2.75) is 18.8 Å². The molecule has 1 fully saturated rings. The van der Waals surface area contributed by atoms with Crippen LogP contribution < -0.4 is 5.73 Å². The van der Waals surface area contributed by atoms with Crippen molar-refractivity contribution in [1.82, 2.24) is 14.7 Å². The Morgan fingerprint density at radius 1 is 1.00 bits per heavy atom. The van der Waals surface area contributed by atoms with Crippen molar-refractivity contribution in [3.05, 3.63) is 54.2 Å². The molecule has 1 aromatic heterocycles. The van der Waals surface area contributed by atoms with Crippen LogP contribution in [0.15, 0.2) is 48.5 Å². The zero-order chi connectivity index (χ0) is 15.8. The van der Waals surface area contributed by atoms with Gasteiger partial charge in [0.05, 0.1) is 16.9 Å². The number of fused-ring (bicyclic) bond motifs is 1. The van der Waals surface area contributed by atoms with E-state index in [1.807, 2.05) is 24.3 Å². The first kappa shape index (κ1) is 14.3. The highest BCUT2D eigenvalue weighted by Crippen LogP contribution is 2.33. The molecule has 23 heavy (non-hydrogen) atoms. The van der Waals surface area contributed by atoms with Crippen molar-refractivity contribution >= 4 is 16.6 Å². The molecule has 0 radical (unpaired) electrons. The molecule has 0 unspecified atom stereocenters. The Labute approximate surface area is 136 Å². The predicted octanol–water partition coefficient (Wildman–Crippen LogP) is 3.42. The summed E-state index contributed by atoms with van der Waals surface area (Å²) in [6, 6.07) is 16.5. The number of para-hydroxylation sites is 1. The van der Waals surface area contributed by atoms with Gasteiger partial charge in [0.15, 0.2) is 0 Å². The van der Waals surface area contributed by atoms with Crippen LogP contribution in [0.2, 0.25) is 0 Å². The van der Waals surface area contributed by atoms with Crippen LogP contribution in [-0.4, -0.2) is 34.8 Å². The number of piperidine rings is 1. The zero-order valence-electron chi connectivity index (χ0n) is 13.4. The van der Waals surface area contributed by atoms with Crippen molar-refractivity contribution in [2.24, 2.45) is 0 Å². The lowest BCUT2D eigenvalue weighted by Gasteiger charge is -2.28. The summed E-state index contributed by atoms with van der Waals surface area (Å²) in [5, 5.41) is 6.27. The van der Waals surface area contributed by atoms with Gasteiger partial charge in [0, 0.05) is 17.0 Å². The van der Waals surface area contributed by atoms with Gasteiger partial charge in [-0.05, 0) is 63.3 Å². The molecule has 4 rings (SSSR count). The molecule has 4 nitrogen and oxygen atoms in total. The molecule has 0 bridgehead atoms. The molecule has 0 spiro atoms. The Bertz CT molecular complexity index is 811. The number of rotatable bonds is 2. The van der Waals surface area contributed by atoms with Gasteiger partial charge < -0.3 is 10.6 Å². The first-order chi connectivity index (χ1) is 11.2. The van der Waals surface area contributed by atoms with Crippen LogP contribution >= 0.6 is 0 Å². The van der Waals surface area contributed by atoms with E-state index >= 15 is 0 Å². The van der Waals surface area contributed by atoms with Gasteiger partial charge in [0.2, 0.25) is 0 Å². The van der Waals surface area contributed by atoms with Crippen LogP contribution in [0, 0.1) is 0 Å². The molecule has 0 saturated carbocycles. The van der Waals surface area contributed by atoms with Gasteiger partial charge in [-0.2, -0.15) is 5.10 Å². The first-order valence-corrected chi connectivity index (χ1v) is 8.24. The van der Waals surface area contributed by atoms with Gasteiger partial charge in [-0.25, -0.2) is 4.68 Å². The minimum Gasteiger partial charge on any atom is -0.399 e. The molecule has 3 aromatic rings. The maximum Gasteiger partial charge on any atom is 0.0744 e. The monoisotopic (exact) mass is 306 g/mol. The number of likely N-dealkylation sites (tertiary alicyclic amines) is 1. The van der Waals surface area contributed by atoms with Crippen LogP contribution in [0.25, 0.3) is 16.6 Å². The summed E-state index contributed by atoms with van der Waals surface area (Å²) in [6.45, 7) is 2.29. The Morgan fingerprint density at radius 3 is 2.43 bits per heavy atom. The van der Waals surface area contributed by atoms with Crippen LogP contribution in [0.1, 0.15) is 24.5 Å². The van der Waals surface area contributed by atoms with Crippen molar-refractivity contribution < 1.29 is 0 Å². The molecule has 4 heteroatoms. The summed E-state index contributed by atoms with van der Waals surface area (Å²) < 4.78 is 2.06. The van der Waals surface area contributed by atoms with Crippen LogP contribution in [-0.2, 0) is 0 Å². The quantitative estimate of drug-likeness (QED) is 0.738. The maximum absolute atomic E-state index is 5.82. The fraction of sp³-hybridized carbons (Fsp3) is 0.316. The fourth-order valence-corrected chi connectivity index (χ4v) is 3.49. The van der Waals surface area contributed by atoms with Gasteiger partial charge in [-0.3, -0.25) is 0 Å². The highest BCUT2D eigenvalue weighted by molar-refractivity contribution is 5.84. The van der Waals surface area contributed by atoms with Gasteiger partial charge in [-0.15, -0.1) is 0 Å². The van der Waals surface area contributed by atoms with Crippen molar-refractivity contribution in [3.63, 3.8) is 0 Å². The predicted molar refractivity (Wildman–Crippen MR) is 95.0 cm³/mol. The van der Waals surface area contributed by atoms with E-state index in [1.54, 1.807) is 0 Å². The number of hydrogen-bond donors (Lipinski definition) is 1. The number of nitrogen functional groups attached to an aromatic ring is 1. The van der Waals surface area contributed by atoms with Crippen molar-refractivity contribution in [1.29, 1.82) is 0 Å². The fourth-order valence-electron chi connectivity index (χ4n) is 3.49. The Morgan fingerprint density at radius 2 is 1.70 bits per heavy atom. The van der Waals surface area contributed by atoms with Crippen LogP contribution in [0.5, 0.6) is 0 Å². The van der Waals surface area contributed by atoms with E-state index in [0.29, 0.717) is 5.92 Å². The maximum atomic E-state index is 5.82. The topological polar surface area (TPSA) is 47.1 Å². The second-order valence-electron chi connectivity index (χ2n) is 6.48. The lowest BCUT2D eigenvalue weighted by molar-refractivity contribution is 0.253. The van der Waals surface area contributed by atoms with E-state index in [9.17, 15) is 0 Å². The largest absolute Gasteiger partial charge is 0.399 e. The lowest BCUT2D eigenvalue weighted by atomic mass is 9.92. The smallest absolute Gasteiger partial charge is 0.0744 e. The molecular formula is C19H22N4. The second kappa shape index (κ2) is 5.70. The highest BCUT2D eigenvalue weighted by Gasteiger charge is 2.23. The third kappa shape index (κ3) is 2.59. The molecule has 2 aromatic carbocycles. The molecular weight excluding hydrogens is 284 g/mol. The summed E-state index contributed by atoms with van der Waals surface area (Å²) in [7, 11) is 2.20. The Hall–Kier alpha value is -2.33. The first-order valence-electron chi connectivity index (χ1n) is 8.24. The molecule has 1 aliphatic rings. The van der Waals surface area contributed by atoms with Gasteiger partial charge >= 0.3 is 0 Å². The highest BCUT2D eigenvalue weighted by atomic mass is 15.3. The lowest BCUT2D eigenvalue weighted by Crippen LogP contribution is -2.29. The van der Waals surface area contributed by atoms with E-state index in [-0.39, 0.29) is 0 Å². The third-order valence-corrected chi connectivity index (χ3v) is 4.86. The van der Waals surface area contributed by atoms with E-state index < -0.39 is 0 Å². The number of hydrogen-bond acceptors (Lipinski definition) is 3. The third-order valence-electron chi connectivity index (χ3n) is 4.86. The number of aromatic nitrogens is 2. The van der Waals surface area contributed by atoms with Crippen LogP contribution in [0.3, 0.4) is 0 Å². The molecule has 118 valence electrons. The number of nitrogens with zero attached hydrogens (tertiary/aromatic N) is 3. The molecule has 2 N–H and O–H groups in total. The average Bonchev–Trinajstić information content (AvgIpc) is 2.96. The van der Waals surface area contributed by atoms with Gasteiger partial charge in [-0.1, -0.05) is 18.2 Å². The molecule has 1 saturated heterocycles. The zero-order valence-corrected chi connectivity index (χ0v) is 13.4. The van der Waals surface area contributed by atoms with Crippen molar-refractivity contribution in [2.75, 3.05) is 25.9 Å². The Balaban J connectivity index is 1.81. The number of nitrogens with two attached hydrogens (primary N) is 1. The standard InChI is InChI=1S/C19H22N4/c1-22-12-10-14(11-13-22)19-17-4-2-3-5-18(17)23(21-19)16-8-6-15(20)7-9-16/h2-9,14H,10-13,20H2,1H3. The van der Waals surface area contributed by atoms with Crippen LogP contribution in [0.4, 0.5) is 5.69 Å². The minimum atomic E-state index is 0.547. The molecule has 0 amide bonds. The summed E-state index contributed by atoms with van der Waals surface area (Å²) >= 11 is 0. The molecule has 2 heterocycles. The second-order valence-corrected chi connectivity index (χ2v) is 6.48. The van der Waals surface area contributed by atoms with E-state index in [2.05, 4.69) is 40.9 Å². The van der Waals surface area contributed by atoms with E-state index in [1.165, 1.54) is 29.4 Å². The average molecular weight is 306 g/mol. The number of benzene rings is 2. The van der Waals surface area contributed by atoms with Gasteiger partial charge in [0.25, 0.3) is 0 Å². The molecule has 0 atom stereocenters. The number of anilines is 1. The SMILES string of the molecule is CN1CCC(c2nn(-c3ccc(N)cc3)c3ccccc23)CC1. The summed E-state index contributed by atoms with van der Waals surface area (Å²) in [5.74, 6) is 0.547. The normalized spacial score (nSPS) is 16.9. The Kier molecular flexibility index (Phi) is 3.54. The van der Waals surface area contributed by atoms with Gasteiger partial charge in [0.1, 0.15) is 0 Å². The minimum absolute atomic E-state index is 0.547. The summed E-state index contributed by atoms with van der Waals surface area (Å²) in [4.78, 5) is 2.40. The van der Waals surface area contributed by atoms with Crippen molar-refractivity contribution in [3.8, 4) is 5.69 Å². The van der Waals surface area contributed by atoms with E-state index in [0.717, 1.165) is 24.5 Å². The molecule has 1 aliphatic heterocycles. The van der Waals surface area contributed by atoms with E-state index in [4.69, 9.17) is 10.8 Å². The molecule has 0 aliphatic carbocycles.